The number of para-hydroxylation sites is 1. The first-order chi connectivity index (χ1) is 13.1. The Hall–Kier alpha value is -3.06. The van der Waals surface area contributed by atoms with Gasteiger partial charge < -0.3 is 0 Å². The highest BCUT2D eigenvalue weighted by Crippen LogP contribution is 2.15. The highest BCUT2D eigenvalue weighted by Gasteiger charge is 2.12. The predicted octanol–water partition coefficient (Wildman–Crippen LogP) is 2.96. The lowest BCUT2D eigenvalue weighted by Gasteiger charge is -2.05. The molecule has 0 aliphatic heterocycles. The van der Waals surface area contributed by atoms with Gasteiger partial charge in [0.25, 0.3) is 5.56 Å². The molecule has 1 heterocycles. The molecule has 0 amide bonds. The monoisotopic (exact) mass is 389 g/mol. The molecule has 1 aromatic heterocycles. The van der Waals surface area contributed by atoms with Gasteiger partial charge in [0, 0.05) is 4.90 Å². The van der Waals surface area contributed by atoms with Gasteiger partial charge in [0.05, 0.1) is 10.2 Å². The third-order valence-corrected chi connectivity index (χ3v) is 5.87. The van der Waals surface area contributed by atoms with Gasteiger partial charge in [0.2, 0.25) is 0 Å². The Morgan fingerprint density at radius 1 is 1.11 bits per heavy atom. The number of benzene rings is 2. The Kier molecular flexibility index (Phi) is 5.61. The summed E-state index contributed by atoms with van der Waals surface area (Å²) in [5, 5.41) is 18.7. The second kappa shape index (κ2) is 8.09. The molecule has 3 aromatic rings. The average Bonchev–Trinajstić information content (AvgIpc) is 3.00. The molecule has 0 spiro atoms. The molecule has 0 saturated heterocycles. The van der Waals surface area contributed by atoms with Crippen LogP contribution in [0.1, 0.15) is 11.1 Å². The largest absolute Gasteiger partial charge is 0.273 e. The van der Waals surface area contributed by atoms with Crippen LogP contribution in [0.4, 0.5) is 0 Å². The highest BCUT2D eigenvalue weighted by molar-refractivity contribution is 7.98. The van der Waals surface area contributed by atoms with Gasteiger partial charge in [-0.1, -0.05) is 30.3 Å². The zero-order valence-electron chi connectivity index (χ0n) is 14.8. The predicted molar refractivity (Wildman–Crippen MR) is 110 cm³/mol. The topological polar surface area (TPSA) is 69.6 Å². The van der Waals surface area contributed by atoms with Crippen LogP contribution in [0.5, 0.6) is 0 Å². The van der Waals surface area contributed by atoms with E-state index in [1.165, 1.54) is 4.57 Å². The number of hydrogen-bond acceptors (Lipinski definition) is 5. The van der Waals surface area contributed by atoms with Crippen LogP contribution in [0.3, 0.4) is 0 Å². The van der Waals surface area contributed by atoms with E-state index < -0.39 is 0 Å². The maximum absolute atomic E-state index is 13.1. The quantitative estimate of drug-likeness (QED) is 0.646. The van der Waals surface area contributed by atoms with E-state index in [-0.39, 0.29) is 11.1 Å². The minimum absolute atomic E-state index is 0.0715. The van der Waals surface area contributed by atoms with Crippen molar-refractivity contribution < 1.29 is 0 Å². The zero-order valence-corrected chi connectivity index (χ0v) is 16.4. The lowest BCUT2D eigenvalue weighted by molar-refractivity contribution is 0.975. The molecule has 0 bridgehead atoms. The summed E-state index contributed by atoms with van der Waals surface area (Å²) < 4.78 is 2.29. The number of thioether (sulfide) groups is 1. The van der Waals surface area contributed by atoms with Gasteiger partial charge in [-0.25, -0.2) is 0 Å². The van der Waals surface area contributed by atoms with Crippen LogP contribution in [0.2, 0.25) is 0 Å². The van der Waals surface area contributed by atoms with Crippen molar-refractivity contribution >= 4 is 34.7 Å². The van der Waals surface area contributed by atoms with Crippen molar-refractivity contribution in [3.63, 3.8) is 0 Å². The van der Waals surface area contributed by atoms with Crippen LogP contribution in [-0.4, -0.2) is 10.8 Å². The van der Waals surface area contributed by atoms with Crippen molar-refractivity contribution in [1.29, 1.82) is 10.5 Å². The van der Waals surface area contributed by atoms with E-state index >= 15 is 0 Å². The second-order valence-electron chi connectivity index (χ2n) is 5.71. The Morgan fingerprint density at radius 2 is 1.78 bits per heavy atom. The first kappa shape index (κ1) is 18.7. The smallest absolute Gasteiger partial charge is 0.267 e. The molecule has 4 nitrogen and oxygen atoms in total. The fourth-order valence-corrected chi connectivity index (χ4v) is 4.11. The first-order valence-electron chi connectivity index (χ1n) is 8.07. The maximum Gasteiger partial charge on any atom is 0.273 e. The number of thiazole rings is 1. The van der Waals surface area contributed by atoms with E-state index in [0.717, 1.165) is 27.4 Å². The number of nitriles is 2. The van der Waals surface area contributed by atoms with Crippen LogP contribution in [-0.2, 0) is 0 Å². The van der Waals surface area contributed by atoms with E-state index in [9.17, 15) is 15.3 Å². The van der Waals surface area contributed by atoms with Crippen molar-refractivity contribution in [3.8, 4) is 17.8 Å². The van der Waals surface area contributed by atoms with E-state index in [0.29, 0.717) is 14.9 Å². The molecule has 6 heteroatoms. The molecule has 0 unspecified atom stereocenters. The van der Waals surface area contributed by atoms with Gasteiger partial charge in [0.1, 0.15) is 16.8 Å². The van der Waals surface area contributed by atoms with Crippen molar-refractivity contribution in [1.82, 2.24) is 4.57 Å². The van der Waals surface area contributed by atoms with E-state index in [4.69, 9.17) is 0 Å². The molecule has 0 radical (unpaired) electrons. The summed E-state index contributed by atoms with van der Waals surface area (Å²) >= 11 is 2.81. The maximum atomic E-state index is 13.1. The Labute approximate surface area is 164 Å². The summed E-state index contributed by atoms with van der Waals surface area (Å²) in [5.41, 5.74) is 2.16. The number of rotatable bonds is 3. The van der Waals surface area contributed by atoms with Crippen molar-refractivity contribution in [2.24, 2.45) is 0 Å². The lowest BCUT2D eigenvalue weighted by atomic mass is 10.2. The molecule has 0 aliphatic rings. The molecule has 2 aromatic carbocycles. The van der Waals surface area contributed by atoms with Gasteiger partial charge in [-0.05, 0) is 48.6 Å². The molecule has 0 N–H and O–H groups in total. The lowest BCUT2D eigenvalue weighted by Crippen LogP contribution is -2.31. The fourth-order valence-electron chi connectivity index (χ4n) is 2.66. The van der Waals surface area contributed by atoms with Crippen LogP contribution >= 0.6 is 23.1 Å². The van der Waals surface area contributed by atoms with Crippen LogP contribution in [0.25, 0.3) is 17.3 Å². The molecule has 0 saturated carbocycles. The molecule has 0 fully saturated rings. The van der Waals surface area contributed by atoms with Gasteiger partial charge in [0.15, 0.2) is 5.57 Å². The number of hydrogen-bond donors (Lipinski definition) is 0. The van der Waals surface area contributed by atoms with Gasteiger partial charge in [-0.15, -0.1) is 23.1 Å². The summed E-state index contributed by atoms with van der Waals surface area (Å²) in [6, 6.07) is 19.1. The molecule has 3 rings (SSSR count). The number of aryl methyl sites for hydroxylation is 1. The Bertz CT molecular complexity index is 1240. The van der Waals surface area contributed by atoms with Crippen LogP contribution in [0.15, 0.2) is 58.2 Å². The van der Waals surface area contributed by atoms with E-state index in [2.05, 4.69) is 0 Å². The van der Waals surface area contributed by atoms with Gasteiger partial charge >= 0.3 is 0 Å². The van der Waals surface area contributed by atoms with Crippen molar-refractivity contribution in [2.75, 3.05) is 6.26 Å². The van der Waals surface area contributed by atoms with E-state index in [1.807, 2.05) is 73.8 Å². The third kappa shape index (κ3) is 3.73. The summed E-state index contributed by atoms with van der Waals surface area (Å²) in [6.45, 7) is 1.90. The molecule has 0 atom stereocenters. The zero-order chi connectivity index (χ0) is 19.4. The van der Waals surface area contributed by atoms with Gasteiger partial charge in [-0.3, -0.25) is 9.36 Å². The van der Waals surface area contributed by atoms with Crippen molar-refractivity contribution in [2.45, 2.75) is 11.8 Å². The summed E-state index contributed by atoms with van der Waals surface area (Å²) in [4.78, 5) is 14.3. The highest BCUT2D eigenvalue weighted by atomic mass is 32.2. The summed E-state index contributed by atoms with van der Waals surface area (Å²) in [7, 11) is 0. The summed E-state index contributed by atoms with van der Waals surface area (Å²) in [5.74, 6) is 0. The third-order valence-electron chi connectivity index (χ3n) is 4.03. The van der Waals surface area contributed by atoms with Gasteiger partial charge in [-0.2, -0.15) is 10.5 Å². The van der Waals surface area contributed by atoms with Crippen molar-refractivity contribution in [3.05, 3.63) is 79.2 Å². The first-order valence-corrected chi connectivity index (χ1v) is 10.1. The molecule has 132 valence electrons. The molecular weight excluding hydrogens is 374 g/mol. The molecular formula is C21H15N3OS2. The molecule has 27 heavy (non-hydrogen) atoms. The van der Waals surface area contributed by atoms with Crippen LogP contribution in [0, 0.1) is 29.6 Å². The SMILES string of the molecule is CSc1ccc(C=c2sc(=C(C#N)C#N)n(-c3ccccc3C)c2=O)cc1. The minimum atomic E-state index is -0.235. The second-order valence-corrected chi connectivity index (χ2v) is 7.62. The average molecular weight is 390 g/mol. The number of nitrogens with zero attached hydrogens (tertiary/aromatic N) is 3. The standard InChI is InChI=1S/C21H15N3OS2/c1-14-5-3-4-6-18(14)24-20(25)19(27-21(24)16(12-22)13-23)11-15-7-9-17(26-2)10-8-15/h3-11H,1-2H3. The Balaban J connectivity index is 2.35. The minimum Gasteiger partial charge on any atom is -0.267 e. The fraction of sp³-hybridized carbons (Fsp3) is 0.0952. The van der Waals surface area contributed by atoms with Crippen LogP contribution < -0.4 is 14.8 Å². The summed E-state index contributed by atoms with van der Waals surface area (Å²) in [6.07, 6.45) is 3.80. The number of aromatic nitrogens is 1. The Morgan fingerprint density at radius 3 is 2.37 bits per heavy atom. The van der Waals surface area contributed by atoms with E-state index in [1.54, 1.807) is 17.8 Å². The normalized spacial score (nSPS) is 11.0. The molecule has 0 aliphatic carbocycles.